The normalized spacial score (nSPS) is 11.5. The lowest BCUT2D eigenvalue weighted by molar-refractivity contribution is -0.137. The summed E-state index contributed by atoms with van der Waals surface area (Å²) >= 11 is 0. The zero-order valence-electron chi connectivity index (χ0n) is 16.0. The number of aromatic nitrogens is 1. The van der Waals surface area contributed by atoms with E-state index in [0.717, 1.165) is 12.1 Å². The molecule has 2 aromatic carbocycles. The van der Waals surface area contributed by atoms with Crippen molar-refractivity contribution in [1.82, 2.24) is 9.88 Å². The standard InChI is InChI=1S/C21H19F3N2O4/c1-26-16-6-3-2-5-15(16)17(18(27)20(26)29)19(28)25-11-4-12-30-14-9-7-13(8-10-14)21(22,23)24/h2-3,5-10,27H,4,11-12H2,1H3,(H,25,28). The minimum atomic E-state index is -4.41. The lowest BCUT2D eigenvalue weighted by atomic mass is 10.1. The lowest BCUT2D eigenvalue weighted by Crippen LogP contribution is -2.28. The predicted octanol–water partition coefficient (Wildman–Crippen LogP) is 3.46. The van der Waals surface area contributed by atoms with Crippen LogP contribution in [0.15, 0.2) is 53.3 Å². The van der Waals surface area contributed by atoms with Crippen LogP contribution in [0.3, 0.4) is 0 Å². The van der Waals surface area contributed by atoms with Crippen molar-refractivity contribution >= 4 is 16.8 Å². The summed E-state index contributed by atoms with van der Waals surface area (Å²) in [5, 5.41) is 13.2. The number of ether oxygens (including phenoxy) is 1. The van der Waals surface area contributed by atoms with Gasteiger partial charge in [0.2, 0.25) is 0 Å². The summed E-state index contributed by atoms with van der Waals surface area (Å²) in [7, 11) is 1.50. The fourth-order valence-electron chi connectivity index (χ4n) is 3.00. The Morgan fingerprint density at radius 1 is 1.13 bits per heavy atom. The van der Waals surface area contributed by atoms with E-state index in [-0.39, 0.29) is 24.5 Å². The van der Waals surface area contributed by atoms with Crippen LogP contribution in [-0.4, -0.2) is 28.7 Å². The summed E-state index contributed by atoms with van der Waals surface area (Å²) in [6.07, 6.45) is -4.03. The molecule has 0 saturated heterocycles. The largest absolute Gasteiger partial charge is 0.502 e. The molecule has 30 heavy (non-hydrogen) atoms. The molecule has 1 aromatic heterocycles. The molecule has 3 aromatic rings. The van der Waals surface area contributed by atoms with Gasteiger partial charge in [-0.25, -0.2) is 0 Å². The molecule has 1 amide bonds. The number of halogens is 3. The SMILES string of the molecule is Cn1c(=O)c(O)c(C(=O)NCCCOc2ccc(C(F)(F)F)cc2)c2ccccc21. The molecule has 3 rings (SSSR count). The van der Waals surface area contributed by atoms with Crippen molar-refractivity contribution in [2.45, 2.75) is 12.6 Å². The number of hydrogen-bond donors (Lipinski definition) is 2. The number of pyridine rings is 1. The van der Waals surface area contributed by atoms with Gasteiger partial charge in [-0.15, -0.1) is 0 Å². The maximum absolute atomic E-state index is 12.5. The van der Waals surface area contributed by atoms with Crippen LogP contribution in [0.25, 0.3) is 10.9 Å². The molecule has 0 aliphatic carbocycles. The summed E-state index contributed by atoms with van der Waals surface area (Å²) < 4.78 is 44.3. The fourth-order valence-corrected chi connectivity index (χ4v) is 3.00. The van der Waals surface area contributed by atoms with Crippen LogP contribution in [0.4, 0.5) is 13.2 Å². The molecule has 9 heteroatoms. The van der Waals surface area contributed by atoms with Gasteiger partial charge in [-0.2, -0.15) is 13.2 Å². The van der Waals surface area contributed by atoms with Crippen molar-refractivity contribution in [3.05, 3.63) is 70.0 Å². The average Bonchev–Trinajstić information content (AvgIpc) is 2.72. The quantitative estimate of drug-likeness (QED) is 0.599. The molecule has 6 nitrogen and oxygen atoms in total. The van der Waals surface area contributed by atoms with Crippen molar-refractivity contribution in [3.8, 4) is 11.5 Å². The highest BCUT2D eigenvalue weighted by molar-refractivity contribution is 6.08. The van der Waals surface area contributed by atoms with Gasteiger partial charge in [0.05, 0.1) is 23.3 Å². The Morgan fingerprint density at radius 2 is 1.80 bits per heavy atom. The van der Waals surface area contributed by atoms with Crippen molar-refractivity contribution in [1.29, 1.82) is 0 Å². The maximum atomic E-state index is 12.5. The minimum Gasteiger partial charge on any atom is -0.502 e. The van der Waals surface area contributed by atoms with Crippen LogP contribution in [0.5, 0.6) is 11.5 Å². The van der Waals surface area contributed by atoms with Crippen LogP contribution < -0.4 is 15.6 Å². The van der Waals surface area contributed by atoms with Crippen molar-refractivity contribution in [2.24, 2.45) is 7.05 Å². The monoisotopic (exact) mass is 420 g/mol. The third-order valence-electron chi connectivity index (χ3n) is 4.56. The molecule has 0 fully saturated rings. The fraction of sp³-hybridized carbons (Fsp3) is 0.238. The average molecular weight is 420 g/mol. The van der Waals surface area contributed by atoms with E-state index in [9.17, 15) is 27.9 Å². The molecular formula is C21H19F3N2O4. The van der Waals surface area contributed by atoms with Crippen LogP contribution in [0.2, 0.25) is 0 Å². The Labute approximate surface area is 169 Å². The van der Waals surface area contributed by atoms with Crippen molar-refractivity contribution < 1.29 is 27.8 Å². The molecule has 0 saturated carbocycles. The second-order valence-electron chi connectivity index (χ2n) is 6.58. The zero-order valence-corrected chi connectivity index (χ0v) is 16.0. The number of fused-ring (bicyclic) bond motifs is 1. The molecule has 0 bridgehead atoms. The molecule has 0 aliphatic rings. The van der Waals surface area contributed by atoms with E-state index in [4.69, 9.17) is 4.74 Å². The van der Waals surface area contributed by atoms with Crippen LogP contribution in [-0.2, 0) is 13.2 Å². The van der Waals surface area contributed by atoms with E-state index in [2.05, 4.69) is 5.32 Å². The molecule has 0 unspecified atom stereocenters. The topological polar surface area (TPSA) is 80.6 Å². The summed E-state index contributed by atoms with van der Waals surface area (Å²) in [6, 6.07) is 11.0. The third-order valence-corrected chi connectivity index (χ3v) is 4.56. The number of para-hydroxylation sites is 1. The minimum absolute atomic E-state index is 0.0997. The maximum Gasteiger partial charge on any atom is 0.416 e. The second-order valence-corrected chi connectivity index (χ2v) is 6.58. The first-order chi connectivity index (χ1) is 14.2. The van der Waals surface area contributed by atoms with E-state index in [1.165, 1.54) is 23.7 Å². The smallest absolute Gasteiger partial charge is 0.416 e. The summed E-state index contributed by atoms with van der Waals surface area (Å²) in [4.78, 5) is 24.7. The Kier molecular flexibility index (Phi) is 6.00. The number of alkyl halides is 3. The second kappa shape index (κ2) is 8.48. The van der Waals surface area contributed by atoms with Gasteiger partial charge in [-0.3, -0.25) is 9.59 Å². The number of hydrogen-bond acceptors (Lipinski definition) is 4. The first kappa shape index (κ1) is 21.2. The van der Waals surface area contributed by atoms with Gasteiger partial charge >= 0.3 is 6.18 Å². The van der Waals surface area contributed by atoms with E-state index in [0.29, 0.717) is 17.3 Å². The number of carbonyl (C=O) groups is 1. The molecule has 1 heterocycles. The van der Waals surface area contributed by atoms with Gasteiger partial charge in [-0.1, -0.05) is 18.2 Å². The Balaban J connectivity index is 1.59. The molecular weight excluding hydrogens is 401 g/mol. The molecule has 0 aliphatic heterocycles. The summed E-state index contributed by atoms with van der Waals surface area (Å²) in [5.41, 5.74) is -1.03. The first-order valence-electron chi connectivity index (χ1n) is 9.09. The van der Waals surface area contributed by atoms with Gasteiger partial charge in [0.25, 0.3) is 11.5 Å². The number of nitrogens with one attached hydrogen (secondary N) is 1. The number of carbonyl (C=O) groups excluding carboxylic acids is 1. The highest BCUT2D eigenvalue weighted by Crippen LogP contribution is 2.30. The van der Waals surface area contributed by atoms with Gasteiger partial charge < -0.3 is 19.7 Å². The number of amides is 1. The van der Waals surface area contributed by atoms with Gasteiger partial charge in [-0.05, 0) is 36.8 Å². The molecule has 0 atom stereocenters. The van der Waals surface area contributed by atoms with Gasteiger partial charge in [0.15, 0.2) is 5.75 Å². The van der Waals surface area contributed by atoms with Crippen molar-refractivity contribution in [2.75, 3.05) is 13.2 Å². The van der Waals surface area contributed by atoms with Crippen LogP contribution in [0, 0.1) is 0 Å². The molecule has 2 N–H and O–H groups in total. The van der Waals surface area contributed by atoms with Crippen LogP contribution in [0.1, 0.15) is 22.3 Å². The Bertz CT molecular complexity index is 1120. The highest BCUT2D eigenvalue weighted by atomic mass is 19.4. The predicted molar refractivity (Wildman–Crippen MR) is 105 cm³/mol. The van der Waals surface area contributed by atoms with E-state index in [1.807, 2.05) is 0 Å². The zero-order chi connectivity index (χ0) is 21.9. The van der Waals surface area contributed by atoms with E-state index < -0.39 is 29.0 Å². The summed E-state index contributed by atoms with van der Waals surface area (Å²) in [5.74, 6) is -0.949. The molecule has 0 spiro atoms. The van der Waals surface area contributed by atoms with Crippen LogP contribution >= 0.6 is 0 Å². The summed E-state index contributed by atoms with van der Waals surface area (Å²) in [6.45, 7) is 0.345. The first-order valence-corrected chi connectivity index (χ1v) is 9.09. The van der Waals surface area contributed by atoms with Crippen molar-refractivity contribution in [3.63, 3.8) is 0 Å². The third kappa shape index (κ3) is 4.40. The number of aryl methyl sites for hydroxylation is 1. The lowest BCUT2D eigenvalue weighted by Gasteiger charge is -2.13. The number of benzene rings is 2. The van der Waals surface area contributed by atoms with Gasteiger partial charge in [0, 0.05) is 19.0 Å². The van der Waals surface area contributed by atoms with E-state index in [1.54, 1.807) is 24.3 Å². The number of rotatable bonds is 6. The Morgan fingerprint density at radius 3 is 2.47 bits per heavy atom. The Hall–Kier alpha value is -3.49. The number of aromatic hydroxyl groups is 1. The van der Waals surface area contributed by atoms with E-state index >= 15 is 0 Å². The molecule has 158 valence electrons. The number of nitrogens with zero attached hydrogens (tertiary/aromatic N) is 1. The van der Waals surface area contributed by atoms with Gasteiger partial charge in [0.1, 0.15) is 5.75 Å². The highest BCUT2D eigenvalue weighted by Gasteiger charge is 2.30. The molecule has 0 radical (unpaired) electrons.